The summed E-state index contributed by atoms with van der Waals surface area (Å²) in [5.74, 6) is -1.54. The molecule has 2 aromatic carbocycles. The van der Waals surface area contributed by atoms with Gasteiger partial charge >= 0.3 is 0 Å². The number of nitrogens with one attached hydrogen (secondary N) is 2. The molecule has 3 amide bonds. The number of nitrogens with zero attached hydrogens (tertiary/aromatic N) is 3. The second kappa shape index (κ2) is 10.9. The van der Waals surface area contributed by atoms with Crippen molar-refractivity contribution < 1.29 is 18.8 Å². The molecule has 0 radical (unpaired) electrons. The summed E-state index contributed by atoms with van der Waals surface area (Å²) < 4.78 is 14.8. The van der Waals surface area contributed by atoms with Gasteiger partial charge in [-0.15, -0.1) is 0 Å². The quantitative estimate of drug-likeness (QED) is 0.466. The fraction of sp³-hybridized carbons (Fsp3) is 0.357. The van der Waals surface area contributed by atoms with E-state index in [-0.39, 0.29) is 36.2 Å². The van der Waals surface area contributed by atoms with Crippen LogP contribution in [-0.2, 0) is 30.8 Å². The number of hydrogen-bond acceptors (Lipinski definition) is 4. The van der Waals surface area contributed by atoms with E-state index < -0.39 is 17.4 Å². The maximum atomic E-state index is 13.6. The van der Waals surface area contributed by atoms with Gasteiger partial charge in [0, 0.05) is 19.6 Å². The van der Waals surface area contributed by atoms with Crippen LogP contribution in [0.5, 0.6) is 0 Å². The van der Waals surface area contributed by atoms with Crippen molar-refractivity contribution in [1.82, 2.24) is 25.1 Å². The van der Waals surface area contributed by atoms with Crippen LogP contribution in [0.15, 0.2) is 54.9 Å². The lowest BCUT2D eigenvalue weighted by molar-refractivity contribution is -0.133. The Bertz CT molecular complexity index is 1290. The molecule has 2 N–H and O–H groups in total. The number of rotatable bonds is 9. The van der Waals surface area contributed by atoms with Crippen molar-refractivity contribution in [2.75, 3.05) is 6.54 Å². The van der Waals surface area contributed by atoms with E-state index in [4.69, 9.17) is 0 Å². The Kier molecular flexibility index (Phi) is 7.71. The molecule has 2 heterocycles. The van der Waals surface area contributed by atoms with Gasteiger partial charge in [-0.05, 0) is 48.6 Å². The zero-order chi connectivity index (χ0) is 26.6. The molecular formula is C28H32FN5O3. The molecule has 194 valence electrons. The number of fused-ring (bicyclic) bond motifs is 1. The van der Waals surface area contributed by atoms with Crippen molar-refractivity contribution in [2.24, 2.45) is 0 Å². The fourth-order valence-corrected chi connectivity index (χ4v) is 4.56. The standard InChI is InChI=1S/C28H32FN5O3/c1-4-14-34-26(36)24-23(25(35)30-15-20-8-6-19(5-2)7-9-20)32-18-33(24)17-28(34,3)27(37)31-16-21-10-12-22(29)13-11-21/h6-13,18H,4-5,14-17H2,1-3H3,(H,30,35)(H,31,37)/t28-/m0/s1. The highest BCUT2D eigenvalue weighted by Gasteiger charge is 2.48. The SMILES string of the molecule is CCCN1C(=O)c2c(C(=O)NCc3ccc(CC)cc3)ncn2C[C@@]1(C)C(=O)NCc1ccc(F)cc1. The number of carbonyl (C=O) groups is 3. The molecule has 1 aliphatic rings. The Hall–Kier alpha value is -4.01. The van der Waals surface area contributed by atoms with E-state index in [1.807, 2.05) is 31.2 Å². The predicted molar refractivity (Wildman–Crippen MR) is 137 cm³/mol. The van der Waals surface area contributed by atoms with Crippen molar-refractivity contribution in [3.05, 3.63) is 88.8 Å². The minimum atomic E-state index is -1.18. The maximum Gasteiger partial charge on any atom is 0.273 e. The Morgan fingerprint density at radius 3 is 2.19 bits per heavy atom. The molecule has 1 aliphatic heterocycles. The Morgan fingerprint density at radius 2 is 1.57 bits per heavy atom. The molecule has 0 bridgehead atoms. The van der Waals surface area contributed by atoms with E-state index in [0.717, 1.165) is 17.5 Å². The Labute approximate surface area is 215 Å². The number of hydrogen-bond donors (Lipinski definition) is 2. The molecule has 1 atom stereocenters. The zero-order valence-electron chi connectivity index (χ0n) is 21.4. The van der Waals surface area contributed by atoms with Gasteiger partial charge in [-0.3, -0.25) is 14.4 Å². The summed E-state index contributed by atoms with van der Waals surface area (Å²) >= 11 is 0. The van der Waals surface area contributed by atoms with Gasteiger partial charge in [-0.1, -0.05) is 50.2 Å². The van der Waals surface area contributed by atoms with E-state index in [1.165, 1.54) is 28.9 Å². The first kappa shape index (κ1) is 26.1. The van der Waals surface area contributed by atoms with Gasteiger partial charge < -0.3 is 20.1 Å². The number of carbonyl (C=O) groups excluding carboxylic acids is 3. The first-order valence-electron chi connectivity index (χ1n) is 12.5. The number of imidazole rings is 1. The topological polar surface area (TPSA) is 96.3 Å². The second-order valence-electron chi connectivity index (χ2n) is 9.46. The van der Waals surface area contributed by atoms with Gasteiger partial charge in [0.15, 0.2) is 5.69 Å². The maximum absolute atomic E-state index is 13.6. The summed E-state index contributed by atoms with van der Waals surface area (Å²) in [5.41, 5.74) is 1.94. The monoisotopic (exact) mass is 505 g/mol. The lowest BCUT2D eigenvalue weighted by Gasteiger charge is -2.43. The third kappa shape index (κ3) is 5.40. The van der Waals surface area contributed by atoms with Crippen LogP contribution in [0.2, 0.25) is 0 Å². The summed E-state index contributed by atoms with van der Waals surface area (Å²) in [6.45, 7) is 6.73. The molecule has 0 saturated carbocycles. The molecule has 4 rings (SSSR count). The van der Waals surface area contributed by atoms with Gasteiger partial charge in [-0.2, -0.15) is 0 Å². The molecule has 9 heteroatoms. The van der Waals surface area contributed by atoms with Crippen molar-refractivity contribution in [1.29, 1.82) is 0 Å². The van der Waals surface area contributed by atoms with E-state index in [0.29, 0.717) is 19.5 Å². The summed E-state index contributed by atoms with van der Waals surface area (Å²) in [6, 6.07) is 13.8. The van der Waals surface area contributed by atoms with Gasteiger partial charge in [0.2, 0.25) is 5.91 Å². The fourth-order valence-electron chi connectivity index (χ4n) is 4.56. The Balaban J connectivity index is 1.51. The van der Waals surface area contributed by atoms with Crippen LogP contribution < -0.4 is 10.6 Å². The van der Waals surface area contributed by atoms with E-state index in [9.17, 15) is 18.8 Å². The largest absolute Gasteiger partial charge is 0.350 e. The van der Waals surface area contributed by atoms with Crippen LogP contribution in [0.1, 0.15) is 64.9 Å². The minimum absolute atomic E-state index is 0.0463. The first-order chi connectivity index (χ1) is 17.8. The zero-order valence-corrected chi connectivity index (χ0v) is 21.4. The lowest BCUT2D eigenvalue weighted by Crippen LogP contribution is -2.64. The highest BCUT2D eigenvalue weighted by atomic mass is 19.1. The average molecular weight is 506 g/mol. The molecule has 0 saturated heterocycles. The Morgan fingerprint density at radius 1 is 0.973 bits per heavy atom. The van der Waals surface area contributed by atoms with E-state index in [1.54, 1.807) is 23.6 Å². The highest BCUT2D eigenvalue weighted by Crippen LogP contribution is 2.29. The molecular weight excluding hydrogens is 473 g/mol. The van der Waals surface area contributed by atoms with Crippen molar-refractivity contribution in [3.8, 4) is 0 Å². The molecule has 37 heavy (non-hydrogen) atoms. The second-order valence-corrected chi connectivity index (χ2v) is 9.46. The first-order valence-corrected chi connectivity index (χ1v) is 12.5. The van der Waals surface area contributed by atoms with Crippen LogP contribution in [0.4, 0.5) is 4.39 Å². The summed E-state index contributed by atoms with van der Waals surface area (Å²) in [6.07, 6.45) is 3.01. The third-order valence-electron chi connectivity index (χ3n) is 6.76. The van der Waals surface area contributed by atoms with Gasteiger partial charge in [0.1, 0.15) is 17.1 Å². The molecule has 0 unspecified atom stereocenters. The number of amides is 3. The summed E-state index contributed by atoms with van der Waals surface area (Å²) in [4.78, 5) is 45.7. The minimum Gasteiger partial charge on any atom is -0.350 e. The summed E-state index contributed by atoms with van der Waals surface area (Å²) in [7, 11) is 0. The molecule has 0 fully saturated rings. The smallest absolute Gasteiger partial charge is 0.273 e. The van der Waals surface area contributed by atoms with E-state index in [2.05, 4.69) is 22.5 Å². The molecule has 8 nitrogen and oxygen atoms in total. The van der Waals surface area contributed by atoms with Crippen LogP contribution >= 0.6 is 0 Å². The predicted octanol–water partition coefficient (Wildman–Crippen LogP) is 3.46. The van der Waals surface area contributed by atoms with Crippen LogP contribution in [0, 0.1) is 5.82 Å². The van der Waals surface area contributed by atoms with Gasteiger partial charge in [0.05, 0.1) is 12.9 Å². The third-order valence-corrected chi connectivity index (χ3v) is 6.76. The van der Waals surface area contributed by atoms with Crippen LogP contribution in [0.25, 0.3) is 0 Å². The van der Waals surface area contributed by atoms with Crippen molar-refractivity contribution >= 4 is 17.7 Å². The van der Waals surface area contributed by atoms with Gasteiger partial charge in [-0.25, -0.2) is 9.37 Å². The summed E-state index contributed by atoms with van der Waals surface area (Å²) in [5, 5.41) is 5.73. The lowest BCUT2D eigenvalue weighted by atomic mass is 9.94. The number of aromatic nitrogens is 2. The molecule has 3 aromatic rings. The normalized spacial score (nSPS) is 16.9. The number of aryl methyl sites for hydroxylation is 1. The highest BCUT2D eigenvalue weighted by molar-refractivity contribution is 6.07. The average Bonchev–Trinajstić information content (AvgIpc) is 3.33. The number of halogens is 1. The molecule has 0 spiro atoms. The van der Waals surface area contributed by atoms with Crippen molar-refractivity contribution in [3.63, 3.8) is 0 Å². The molecule has 1 aromatic heterocycles. The van der Waals surface area contributed by atoms with Crippen molar-refractivity contribution in [2.45, 2.75) is 58.8 Å². The van der Waals surface area contributed by atoms with Crippen LogP contribution in [-0.4, -0.2) is 44.3 Å². The molecule has 0 aliphatic carbocycles. The van der Waals surface area contributed by atoms with E-state index >= 15 is 0 Å². The number of benzene rings is 2. The van der Waals surface area contributed by atoms with Gasteiger partial charge in [0.25, 0.3) is 11.8 Å². The van der Waals surface area contributed by atoms with Crippen LogP contribution in [0.3, 0.4) is 0 Å².